The standard InChI is InChI=1S/C19H16ClNOS2/c1-11-16(12-5-9-15(23-2)10-6-12)18(24-17(11)19(21)22)13-3-7-14(20)8-4-13/h3-10H,1-2H3,(H2,21,22). The van der Waals surface area contributed by atoms with Crippen LogP contribution >= 0.6 is 34.7 Å². The van der Waals surface area contributed by atoms with Crippen molar-refractivity contribution in [2.45, 2.75) is 11.8 Å². The first-order valence-electron chi connectivity index (χ1n) is 7.35. The maximum Gasteiger partial charge on any atom is 0.259 e. The molecule has 0 atom stereocenters. The van der Waals surface area contributed by atoms with Gasteiger partial charge in [-0.2, -0.15) is 0 Å². The summed E-state index contributed by atoms with van der Waals surface area (Å²) in [5.41, 5.74) is 9.67. The molecule has 0 unspecified atom stereocenters. The number of carbonyl (C=O) groups is 1. The van der Waals surface area contributed by atoms with Crippen LogP contribution in [0.25, 0.3) is 21.6 Å². The summed E-state index contributed by atoms with van der Waals surface area (Å²) in [4.78, 5) is 14.7. The van der Waals surface area contributed by atoms with Crippen LogP contribution in [0.1, 0.15) is 15.2 Å². The third-order valence-corrected chi connectivity index (χ3v) is 6.21. The number of thiophene rings is 1. The van der Waals surface area contributed by atoms with E-state index in [1.165, 1.54) is 16.2 Å². The third kappa shape index (κ3) is 3.22. The average Bonchev–Trinajstić information content (AvgIpc) is 2.93. The molecule has 1 amide bonds. The number of halogens is 1. The second-order valence-electron chi connectivity index (χ2n) is 5.36. The normalized spacial score (nSPS) is 10.8. The fourth-order valence-corrected chi connectivity index (χ4v) is 4.38. The van der Waals surface area contributed by atoms with Crippen molar-refractivity contribution < 1.29 is 4.79 Å². The van der Waals surface area contributed by atoms with Crippen LogP contribution in [0.3, 0.4) is 0 Å². The van der Waals surface area contributed by atoms with Gasteiger partial charge in [-0.05, 0) is 54.1 Å². The van der Waals surface area contributed by atoms with Crippen molar-refractivity contribution in [1.82, 2.24) is 0 Å². The largest absolute Gasteiger partial charge is 0.365 e. The van der Waals surface area contributed by atoms with Gasteiger partial charge >= 0.3 is 0 Å². The lowest BCUT2D eigenvalue weighted by Crippen LogP contribution is -2.10. The van der Waals surface area contributed by atoms with E-state index < -0.39 is 0 Å². The van der Waals surface area contributed by atoms with Crippen LogP contribution in [0.5, 0.6) is 0 Å². The minimum atomic E-state index is -0.389. The van der Waals surface area contributed by atoms with Gasteiger partial charge in [0.2, 0.25) is 0 Å². The Bertz CT molecular complexity index is 883. The summed E-state index contributed by atoms with van der Waals surface area (Å²) >= 11 is 9.14. The monoisotopic (exact) mass is 373 g/mol. The van der Waals surface area contributed by atoms with Gasteiger partial charge in [-0.1, -0.05) is 35.9 Å². The molecule has 0 aliphatic carbocycles. The van der Waals surface area contributed by atoms with Crippen molar-refractivity contribution in [2.24, 2.45) is 5.73 Å². The molecule has 3 rings (SSSR count). The highest BCUT2D eigenvalue weighted by Gasteiger charge is 2.20. The highest BCUT2D eigenvalue weighted by atomic mass is 35.5. The van der Waals surface area contributed by atoms with Gasteiger partial charge < -0.3 is 5.73 Å². The van der Waals surface area contributed by atoms with Gasteiger partial charge in [0.1, 0.15) is 0 Å². The Labute approximate surface area is 154 Å². The zero-order valence-corrected chi connectivity index (χ0v) is 15.7. The SMILES string of the molecule is CSc1ccc(-c2c(-c3ccc(Cl)cc3)sc(C(N)=O)c2C)cc1. The molecule has 24 heavy (non-hydrogen) atoms. The number of thioether (sulfide) groups is 1. The summed E-state index contributed by atoms with van der Waals surface area (Å²) in [6.07, 6.45) is 2.05. The zero-order valence-electron chi connectivity index (χ0n) is 13.3. The second-order valence-corrected chi connectivity index (χ2v) is 7.70. The quantitative estimate of drug-likeness (QED) is 0.581. The van der Waals surface area contributed by atoms with Crippen molar-refractivity contribution in [3.8, 4) is 21.6 Å². The summed E-state index contributed by atoms with van der Waals surface area (Å²) in [6, 6.07) is 16.0. The van der Waals surface area contributed by atoms with Crippen LogP contribution in [0.4, 0.5) is 0 Å². The van der Waals surface area contributed by atoms with Crippen molar-refractivity contribution >= 4 is 40.6 Å². The van der Waals surface area contributed by atoms with Crippen LogP contribution in [0, 0.1) is 6.92 Å². The van der Waals surface area contributed by atoms with E-state index in [1.807, 2.05) is 31.2 Å². The molecule has 2 nitrogen and oxygen atoms in total. The Morgan fingerprint density at radius 2 is 1.62 bits per heavy atom. The molecule has 3 aromatic rings. The minimum Gasteiger partial charge on any atom is -0.365 e. The highest BCUT2D eigenvalue weighted by Crippen LogP contribution is 2.43. The smallest absolute Gasteiger partial charge is 0.259 e. The summed E-state index contributed by atoms with van der Waals surface area (Å²) in [7, 11) is 0. The predicted octanol–water partition coefficient (Wildman–Crippen LogP) is 5.86. The molecule has 0 saturated heterocycles. The van der Waals surface area contributed by atoms with Crippen molar-refractivity contribution in [3.63, 3.8) is 0 Å². The number of hydrogen-bond acceptors (Lipinski definition) is 3. The predicted molar refractivity (Wildman–Crippen MR) is 105 cm³/mol. The highest BCUT2D eigenvalue weighted by molar-refractivity contribution is 7.98. The van der Waals surface area contributed by atoms with Gasteiger partial charge in [0.05, 0.1) is 4.88 Å². The first kappa shape index (κ1) is 17.1. The van der Waals surface area contributed by atoms with E-state index in [1.54, 1.807) is 11.8 Å². The molecule has 0 bridgehead atoms. The number of primary amides is 1. The Hall–Kier alpha value is -1.75. The molecule has 0 spiro atoms. The number of rotatable bonds is 4. The third-order valence-electron chi connectivity index (χ3n) is 3.86. The molecule has 1 heterocycles. The lowest BCUT2D eigenvalue weighted by molar-refractivity contribution is 0.100. The molecule has 1 aromatic heterocycles. The molecule has 122 valence electrons. The average molecular weight is 374 g/mol. The van der Waals surface area contributed by atoms with E-state index in [0.717, 1.165) is 27.1 Å². The molecule has 2 aromatic carbocycles. The molecule has 0 fully saturated rings. The number of amides is 1. The molecule has 0 aliphatic rings. The van der Waals surface area contributed by atoms with E-state index in [2.05, 4.69) is 30.5 Å². The Morgan fingerprint density at radius 1 is 1.04 bits per heavy atom. The van der Waals surface area contributed by atoms with Crippen LogP contribution in [0.15, 0.2) is 53.4 Å². The van der Waals surface area contributed by atoms with Crippen LogP contribution in [-0.4, -0.2) is 12.2 Å². The lowest BCUT2D eigenvalue weighted by Gasteiger charge is -2.07. The van der Waals surface area contributed by atoms with Gasteiger partial charge in [0.25, 0.3) is 5.91 Å². The van der Waals surface area contributed by atoms with E-state index in [4.69, 9.17) is 17.3 Å². The summed E-state index contributed by atoms with van der Waals surface area (Å²) in [5.74, 6) is -0.389. The Kier molecular flexibility index (Phi) is 4.99. The van der Waals surface area contributed by atoms with Gasteiger partial charge in [0, 0.05) is 20.4 Å². The fraction of sp³-hybridized carbons (Fsp3) is 0.105. The summed E-state index contributed by atoms with van der Waals surface area (Å²) in [5, 5.41) is 0.688. The Balaban J connectivity index is 2.22. The van der Waals surface area contributed by atoms with E-state index in [9.17, 15) is 4.79 Å². The van der Waals surface area contributed by atoms with Gasteiger partial charge in [-0.25, -0.2) is 0 Å². The van der Waals surface area contributed by atoms with Crippen molar-refractivity contribution in [1.29, 1.82) is 0 Å². The lowest BCUT2D eigenvalue weighted by atomic mass is 9.98. The van der Waals surface area contributed by atoms with E-state index in [0.29, 0.717) is 9.90 Å². The maximum atomic E-state index is 11.8. The first-order valence-corrected chi connectivity index (χ1v) is 9.76. The molecule has 0 saturated carbocycles. The van der Waals surface area contributed by atoms with Gasteiger partial charge in [-0.3, -0.25) is 4.79 Å². The fourth-order valence-electron chi connectivity index (χ4n) is 2.66. The molecule has 0 aliphatic heterocycles. The van der Waals surface area contributed by atoms with E-state index >= 15 is 0 Å². The summed E-state index contributed by atoms with van der Waals surface area (Å²) in [6.45, 7) is 1.95. The number of benzene rings is 2. The molecule has 2 N–H and O–H groups in total. The second kappa shape index (κ2) is 7.01. The van der Waals surface area contributed by atoms with Crippen molar-refractivity contribution in [2.75, 3.05) is 6.26 Å². The topological polar surface area (TPSA) is 43.1 Å². The molecule has 0 radical (unpaired) electrons. The zero-order chi connectivity index (χ0) is 17.3. The number of nitrogens with two attached hydrogens (primary N) is 1. The number of carbonyl (C=O) groups excluding carboxylic acids is 1. The first-order chi connectivity index (χ1) is 11.5. The minimum absolute atomic E-state index is 0.389. The van der Waals surface area contributed by atoms with Crippen LogP contribution < -0.4 is 5.73 Å². The van der Waals surface area contributed by atoms with Gasteiger partial charge in [-0.15, -0.1) is 23.1 Å². The molecule has 5 heteroatoms. The van der Waals surface area contributed by atoms with E-state index in [-0.39, 0.29) is 5.91 Å². The molecular weight excluding hydrogens is 358 g/mol. The maximum absolute atomic E-state index is 11.8. The van der Waals surface area contributed by atoms with Gasteiger partial charge in [0.15, 0.2) is 0 Å². The number of hydrogen-bond donors (Lipinski definition) is 1. The molecular formula is C19H16ClNOS2. The Morgan fingerprint density at radius 3 is 2.17 bits per heavy atom. The summed E-state index contributed by atoms with van der Waals surface area (Å²) < 4.78 is 0. The van der Waals surface area contributed by atoms with Crippen LogP contribution in [0.2, 0.25) is 5.02 Å². The van der Waals surface area contributed by atoms with Crippen molar-refractivity contribution in [3.05, 3.63) is 64.0 Å². The van der Waals surface area contributed by atoms with Crippen LogP contribution in [-0.2, 0) is 0 Å².